The maximum Gasteiger partial charge on any atom is 0.326 e. The molecule has 1 aliphatic rings. The minimum absolute atomic E-state index is 0.0167. The smallest absolute Gasteiger partial charge is 0.326 e. The summed E-state index contributed by atoms with van der Waals surface area (Å²) in [5, 5.41) is 0. The molecule has 8 heteroatoms. The Morgan fingerprint density at radius 3 is 2.73 bits per heavy atom. The van der Waals surface area contributed by atoms with Crippen LogP contribution in [-0.4, -0.2) is 20.9 Å². The van der Waals surface area contributed by atoms with Crippen LogP contribution < -0.4 is 13.8 Å². The van der Waals surface area contributed by atoms with Gasteiger partial charge in [0.05, 0.1) is 5.56 Å². The van der Waals surface area contributed by atoms with E-state index in [9.17, 15) is 13.2 Å². The summed E-state index contributed by atoms with van der Waals surface area (Å²) in [5.74, 6) is 2.04. The topological polar surface area (TPSA) is 75.7 Å². The minimum Gasteiger partial charge on any atom is -0.487 e. The Balaban J connectivity index is 2.06. The lowest BCUT2D eigenvalue weighted by molar-refractivity contribution is -0.117. The van der Waals surface area contributed by atoms with Crippen LogP contribution in [0.1, 0.15) is 22.1 Å². The molecule has 1 fully saturated rings. The van der Waals surface area contributed by atoms with Gasteiger partial charge in [-0.2, -0.15) is 8.42 Å². The number of ether oxygens (including phenoxy) is 1. The average molecular weight is 377 g/mol. The maximum absolute atomic E-state index is 15.1. The first-order valence-electron chi connectivity index (χ1n) is 8.92. The Bertz CT molecular complexity index is 1110. The van der Waals surface area contributed by atoms with Gasteiger partial charge in [0.25, 0.3) is 5.91 Å². The number of amides is 1. The van der Waals surface area contributed by atoms with E-state index in [0.29, 0.717) is 4.31 Å². The number of carbonyl (C=O) groups excluding carboxylic acids is 1. The fourth-order valence-corrected chi connectivity index (χ4v) is 3.60. The molecule has 0 saturated carbocycles. The standard InChI is InChI=1S/C18H15FN2O4S/c1-2-6-14-9-10-15(25-12-13-7-4-3-5-8-13)18(17(14)19)21-11-16(22)20-26(21,23)24/h3-5,7-10H,11-12H2,1H3,(H,20,22)/i1D3. The summed E-state index contributed by atoms with van der Waals surface area (Å²) in [7, 11) is -4.32. The van der Waals surface area contributed by atoms with E-state index in [1.54, 1.807) is 35.1 Å². The molecule has 26 heavy (non-hydrogen) atoms. The van der Waals surface area contributed by atoms with Crippen molar-refractivity contribution < 1.29 is 26.5 Å². The van der Waals surface area contributed by atoms with Gasteiger partial charge in [0, 0.05) is 4.11 Å². The fraction of sp³-hybridized carbons (Fsp3) is 0.167. The van der Waals surface area contributed by atoms with Crippen molar-refractivity contribution >= 4 is 21.8 Å². The van der Waals surface area contributed by atoms with Gasteiger partial charge in [-0.05, 0) is 24.5 Å². The van der Waals surface area contributed by atoms with E-state index in [4.69, 9.17) is 8.85 Å². The van der Waals surface area contributed by atoms with Crippen molar-refractivity contribution in [2.45, 2.75) is 13.5 Å². The molecule has 1 aliphatic heterocycles. The first kappa shape index (κ1) is 14.2. The quantitative estimate of drug-likeness (QED) is 0.827. The Morgan fingerprint density at radius 1 is 1.31 bits per heavy atom. The summed E-state index contributed by atoms with van der Waals surface area (Å²) >= 11 is 0. The number of hydrogen-bond donors (Lipinski definition) is 1. The second-order valence-corrected chi connectivity index (χ2v) is 6.93. The van der Waals surface area contributed by atoms with E-state index in [0.717, 1.165) is 5.56 Å². The Hall–Kier alpha value is -3.05. The van der Waals surface area contributed by atoms with E-state index in [-0.39, 0.29) is 17.9 Å². The van der Waals surface area contributed by atoms with Gasteiger partial charge < -0.3 is 4.74 Å². The van der Waals surface area contributed by atoms with Crippen molar-refractivity contribution in [3.63, 3.8) is 0 Å². The Kier molecular flexibility index (Phi) is 3.84. The zero-order valence-corrected chi connectivity index (χ0v) is 14.1. The Labute approximate surface area is 155 Å². The van der Waals surface area contributed by atoms with E-state index in [1.807, 2.05) is 5.92 Å². The van der Waals surface area contributed by atoms with E-state index in [2.05, 4.69) is 5.92 Å². The van der Waals surface area contributed by atoms with Gasteiger partial charge in [0.15, 0.2) is 5.82 Å². The summed E-state index contributed by atoms with van der Waals surface area (Å²) in [6.45, 7) is -3.24. The predicted octanol–water partition coefficient (Wildman–Crippen LogP) is 1.96. The number of benzene rings is 2. The lowest BCUT2D eigenvalue weighted by Crippen LogP contribution is -2.30. The van der Waals surface area contributed by atoms with Crippen molar-refractivity contribution in [2.75, 3.05) is 10.8 Å². The highest BCUT2D eigenvalue weighted by Gasteiger charge is 2.38. The third kappa shape index (κ3) is 3.48. The maximum atomic E-state index is 15.1. The number of rotatable bonds is 4. The molecular formula is C18H15FN2O4S. The SMILES string of the molecule is [2H]C([2H])([2H])C#Cc1ccc(OCc2ccccc2)c(N2CC(=O)NS2(=O)=O)c1F. The second kappa shape index (κ2) is 7.06. The lowest BCUT2D eigenvalue weighted by Gasteiger charge is -2.20. The monoisotopic (exact) mass is 377 g/mol. The molecular weight excluding hydrogens is 359 g/mol. The normalized spacial score (nSPS) is 17.3. The molecule has 0 spiro atoms. The number of nitrogens with one attached hydrogen (secondary N) is 1. The van der Waals surface area contributed by atoms with Crippen LogP contribution in [0.3, 0.4) is 0 Å². The molecule has 1 N–H and O–H groups in total. The zero-order chi connectivity index (χ0) is 21.2. The largest absolute Gasteiger partial charge is 0.487 e. The third-order valence-electron chi connectivity index (χ3n) is 3.58. The van der Waals surface area contributed by atoms with Gasteiger partial charge in [-0.15, -0.1) is 5.92 Å². The van der Waals surface area contributed by atoms with Gasteiger partial charge >= 0.3 is 10.2 Å². The molecule has 0 atom stereocenters. The highest BCUT2D eigenvalue weighted by molar-refractivity contribution is 7.92. The molecule has 0 unspecified atom stereocenters. The number of halogens is 1. The minimum atomic E-state index is -4.32. The van der Waals surface area contributed by atoms with Crippen molar-refractivity contribution in [1.29, 1.82) is 0 Å². The number of anilines is 1. The van der Waals surface area contributed by atoms with Crippen LogP contribution in [0.5, 0.6) is 5.75 Å². The molecule has 0 aliphatic carbocycles. The van der Waals surface area contributed by atoms with E-state index < -0.39 is 41.0 Å². The van der Waals surface area contributed by atoms with Gasteiger partial charge in [0.2, 0.25) is 0 Å². The van der Waals surface area contributed by atoms with E-state index in [1.165, 1.54) is 12.1 Å². The van der Waals surface area contributed by atoms with Crippen molar-refractivity contribution in [2.24, 2.45) is 0 Å². The Morgan fingerprint density at radius 2 is 2.08 bits per heavy atom. The van der Waals surface area contributed by atoms with Crippen LogP contribution >= 0.6 is 0 Å². The van der Waals surface area contributed by atoms with Gasteiger partial charge in [0.1, 0.15) is 24.6 Å². The summed E-state index contributed by atoms with van der Waals surface area (Å²) in [5.41, 5.74) is -0.0991. The molecule has 2 aromatic carbocycles. The number of carbonyl (C=O) groups is 1. The lowest BCUT2D eigenvalue weighted by atomic mass is 10.1. The van der Waals surface area contributed by atoms with Crippen molar-refractivity contribution in [3.8, 4) is 17.6 Å². The molecule has 134 valence electrons. The first-order chi connectivity index (χ1) is 13.6. The van der Waals surface area contributed by atoms with Gasteiger partial charge in [-0.1, -0.05) is 36.3 Å². The first-order valence-corrected chi connectivity index (χ1v) is 8.86. The van der Waals surface area contributed by atoms with Crippen LogP contribution in [0.15, 0.2) is 42.5 Å². The second-order valence-electron chi connectivity index (χ2n) is 5.34. The molecule has 0 bridgehead atoms. The molecule has 1 amide bonds. The highest BCUT2D eigenvalue weighted by Crippen LogP contribution is 2.36. The van der Waals surface area contributed by atoms with Crippen LogP contribution in [0.2, 0.25) is 0 Å². The molecule has 3 rings (SSSR count). The molecule has 0 aromatic heterocycles. The zero-order valence-electron chi connectivity index (χ0n) is 16.3. The van der Waals surface area contributed by atoms with E-state index >= 15 is 4.39 Å². The number of hydrogen-bond acceptors (Lipinski definition) is 4. The van der Waals surface area contributed by atoms with Gasteiger partial charge in [-0.3, -0.25) is 4.79 Å². The summed E-state index contributed by atoms with van der Waals surface area (Å²) in [6, 6.07) is 11.4. The fourth-order valence-electron chi connectivity index (χ4n) is 2.44. The summed E-state index contributed by atoms with van der Waals surface area (Å²) < 4.78 is 68.8. The molecule has 1 saturated heterocycles. The third-order valence-corrected chi connectivity index (χ3v) is 4.96. The predicted molar refractivity (Wildman–Crippen MR) is 94.1 cm³/mol. The van der Waals surface area contributed by atoms with Crippen molar-refractivity contribution in [3.05, 3.63) is 59.4 Å². The van der Waals surface area contributed by atoms with Gasteiger partial charge in [-0.25, -0.2) is 13.4 Å². The highest BCUT2D eigenvalue weighted by atomic mass is 32.2. The van der Waals surface area contributed by atoms with Crippen molar-refractivity contribution in [1.82, 2.24) is 4.72 Å². The van der Waals surface area contributed by atoms with Crippen LogP contribution in [0.25, 0.3) is 0 Å². The molecule has 6 nitrogen and oxygen atoms in total. The average Bonchev–Trinajstić information content (AvgIpc) is 2.91. The summed E-state index contributed by atoms with van der Waals surface area (Å²) in [6.07, 6.45) is 0. The van der Waals surface area contributed by atoms with Crippen LogP contribution in [0.4, 0.5) is 10.1 Å². The summed E-state index contributed by atoms with van der Waals surface area (Å²) in [4.78, 5) is 11.6. The number of nitrogens with zero attached hydrogens (tertiary/aromatic N) is 1. The molecule has 0 radical (unpaired) electrons. The molecule has 1 heterocycles. The molecule has 2 aromatic rings. The van der Waals surface area contributed by atoms with Crippen LogP contribution in [-0.2, 0) is 21.6 Å². The van der Waals surface area contributed by atoms with Crippen LogP contribution in [0, 0.1) is 17.7 Å².